The summed E-state index contributed by atoms with van der Waals surface area (Å²) in [6, 6.07) is 7.82. The van der Waals surface area contributed by atoms with E-state index in [2.05, 4.69) is 10.6 Å². The summed E-state index contributed by atoms with van der Waals surface area (Å²) in [7, 11) is 0. The number of nitrogens with one attached hydrogen (secondary N) is 1. The molecule has 1 saturated heterocycles. The first-order valence-electron chi connectivity index (χ1n) is 6.01. The highest BCUT2D eigenvalue weighted by Gasteiger charge is 2.15. The second-order valence-corrected chi connectivity index (χ2v) is 4.31. The first kappa shape index (κ1) is 11.9. The van der Waals surface area contributed by atoms with Crippen LogP contribution in [0, 0.1) is 6.92 Å². The van der Waals surface area contributed by atoms with Gasteiger partial charge in [0, 0.05) is 31.9 Å². The van der Waals surface area contributed by atoms with E-state index >= 15 is 0 Å². The summed E-state index contributed by atoms with van der Waals surface area (Å²) >= 11 is 0. The average Bonchev–Trinajstić information content (AvgIpc) is 2.61. The van der Waals surface area contributed by atoms with Crippen molar-refractivity contribution in [2.75, 3.05) is 31.5 Å². The number of hydrogen-bond acceptors (Lipinski definition) is 1. The van der Waals surface area contributed by atoms with Crippen molar-refractivity contribution < 1.29 is 4.79 Å². The SMILES string of the molecule is Cc1ccc(NC(=O)N2CCC[N]CC2)cc1. The molecule has 1 radical (unpaired) electrons. The van der Waals surface area contributed by atoms with Crippen LogP contribution in [0.4, 0.5) is 10.5 Å². The molecule has 0 bridgehead atoms. The second kappa shape index (κ2) is 5.68. The van der Waals surface area contributed by atoms with E-state index in [1.165, 1.54) is 5.56 Å². The molecule has 1 aromatic rings. The van der Waals surface area contributed by atoms with Gasteiger partial charge in [0.05, 0.1) is 0 Å². The summed E-state index contributed by atoms with van der Waals surface area (Å²) in [5, 5.41) is 7.21. The molecule has 1 aromatic carbocycles. The molecular weight excluding hydrogens is 214 g/mol. The first-order chi connectivity index (χ1) is 8.25. The third kappa shape index (κ3) is 3.46. The zero-order valence-corrected chi connectivity index (χ0v) is 10.1. The van der Waals surface area contributed by atoms with E-state index in [1.54, 1.807) is 0 Å². The lowest BCUT2D eigenvalue weighted by Gasteiger charge is -2.20. The minimum absolute atomic E-state index is 0.0223. The van der Waals surface area contributed by atoms with Crippen LogP contribution in [0.3, 0.4) is 0 Å². The number of nitrogens with zero attached hydrogens (tertiary/aromatic N) is 2. The van der Waals surface area contributed by atoms with E-state index in [1.807, 2.05) is 36.1 Å². The Morgan fingerprint density at radius 1 is 1.24 bits per heavy atom. The molecule has 0 aromatic heterocycles. The summed E-state index contributed by atoms with van der Waals surface area (Å²) in [4.78, 5) is 13.8. The van der Waals surface area contributed by atoms with Crippen molar-refractivity contribution in [3.8, 4) is 0 Å². The Labute approximate surface area is 102 Å². The minimum Gasteiger partial charge on any atom is -0.323 e. The van der Waals surface area contributed by atoms with Gasteiger partial charge in [-0.2, -0.15) is 0 Å². The van der Waals surface area contributed by atoms with Crippen molar-refractivity contribution in [3.63, 3.8) is 0 Å². The Morgan fingerprint density at radius 2 is 2.00 bits per heavy atom. The van der Waals surface area contributed by atoms with Gasteiger partial charge < -0.3 is 10.2 Å². The summed E-state index contributed by atoms with van der Waals surface area (Å²) in [6.07, 6.45) is 0.960. The summed E-state index contributed by atoms with van der Waals surface area (Å²) < 4.78 is 0. The third-order valence-electron chi connectivity index (χ3n) is 2.86. The fourth-order valence-electron chi connectivity index (χ4n) is 1.83. The quantitative estimate of drug-likeness (QED) is 0.789. The lowest BCUT2D eigenvalue weighted by Crippen LogP contribution is -2.37. The van der Waals surface area contributed by atoms with Gasteiger partial charge in [0.15, 0.2) is 0 Å². The minimum atomic E-state index is -0.0223. The van der Waals surface area contributed by atoms with Crippen LogP contribution in [0.2, 0.25) is 0 Å². The van der Waals surface area contributed by atoms with E-state index < -0.39 is 0 Å². The smallest absolute Gasteiger partial charge is 0.321 e. The predicted octanol–water partition coefficient (Wildman–Crippen LogP) is 1.84. The van der Waals surface area contributed by atoms with Crippen LogP contribution in [-0.4, -0.2) is 37.1 Å². The van der Waals surface area contributed by atoms with Gasteiger partial charge in [0.2, 0.25) is 0 Å². The van der Waals surface area contributed by atoms with Crippen LogP contribution >= 0.6 is 0 Å². The number of rotatable bonds is 1. The monoisotopic (exact) mass is 232 g/mol. The maximum Gasteiger partial charge on any atom is 0.321 e. The number of carbonyl (C=O) groups excluding carboxylic acids is 1. The summed E-state index contributed by atoms with van der Waals surface area (Å²) in [6.45, 7) is 5.16. The normalized spacial score (nSPS) is 16.4. The van der Waals surface area contributed by atoms with E-state index in [-0.39, 0.29) is 6.03 Å². The molecule has 0 spiro atoms. The van der Waals surface area contributed by atoms with Crippen molar-refractivity contribution in [2.24, 2.45) is 0 Å². The van der Waals surface area contributed by atoms with Crippen molar-refractivity contribution in [3.05, 3.63) is 29.8 Å². The molecule has 1 N–H and O–H groups in total. The number of carbonyl (C=O) groups is 1. The van der Waals surface area contributed by atoms with Crippen molar-refractivity contribution in [2.45, 2.75) is 13.3 Å². The topological polar surface area (TPSA) is 46.4 Å². The Morgan fingerprint density at radius 3 is 2.76 bits per heavy atom. The van der Waals surface area contributed by atoms with Gasteiger partial charge in [-0.05, 0) is 25.5 Å². The second-order valence-electron chi connectivity index (χ2n) is 4.31. The highest BCUT2D eigenvalue weighted by Crippen LogP contribution is 2.10. The van der Waals surface area contributed by atoms with Crippen molar-refractivity contribution in [1.82, 2.24) is 10.2 Å². The number of anilines is 1. The van der Waals surface area contributed by atoms with Gasteiger partial charge in [0.1, 0.15) is 0 Å². The number of aryl methyl sites for hydroxylation is 1. The zero-order valence-electron chi connectivity index (χ0n) is 10.1. The van der Waals surface area contributed by atoms with Crippen molar-refractivity contribution in [1.29, 1.82) is 0 Å². The molecule has 0 saturated carbocycles. The van der Waals surface area contributed by atoms with Gasteiger partial charge in [-0.25, -0.2) is 10.1 Å². The average molecular weight is 232 g/mol. The number of amides is 2. The molecule has 0 aliphatic carbocycles. The van der Waals surface area contributed by atoms with E-state index in [9.17, 15) is 4.79 Å². The van der Waals surface area contributed by atoms with Gasteiger partial charge in [-0.15, -0.1) is 0 Å². The van der Waals surface area contributed by atoms with Crippen LogP contribution in [-0.2, 0) is 0 Å². The zero-order chi connectivity index (χ0) is 12.1. The van der Waals surface area contributed by atoms with Crippen molar-refractivity contribution >= 4 is 11.7 Å². The molecule has 1 aliphatic rings. The molecule has 2 rings (SSSR count). The van der Waals surface area contributed by atoms with E-state index in [4.69, 9.17) is 0 Å². The molecule has 91 valence electrons. The first-order valence-corrected chi connectivity index (χ1v) is 6.01. The maximum absolute atomic E-state index is 12.0. The van der Waals surface area contributed by atoms with Gasteiger partial charge in [-0.3, -0.25) is 0 Å². The fourth-order valence-corrected chi connectivity index (χ4v) is 1.83. The molecule has 17 heavy (non-hydrogen) atoms. The third-order valence-corrected chi connectivity index (χ3v) is 2.86. The fraction of sp³-hybridized carbons (Fsp3) is 0.462. The Bertz CT molecular complexity index is 367. The molecular formula is C13H18N3O. The molecule has 4 heteroatoms. The van der Waals surface area contributed by atoms with Gasteiger partial charge in [-0.1, -0.05) is 17.7 Å². The van der Waals surface area contributed by atoms with Crippen LogP contribution in [0.15, 0.2) is 24.3 Å². The predicted molar refractivity (Wildman–Crippen MR) is 68.3 cm³/mol. The molecule has 0 unspecified atom stereocenters. The Kier molecular flexibility index (Phi) is 3.98. The number of hydrogen-bond donors (Lipinski definition) is 1. The highest BCUT2D eigenvalue weighted by molar-refractivity contribution is 5.89. The van der Waals surface area contributed by atoms with E-state index in [0.717, 1.165) is 38.3 Å². The maximum atomic E-state index is 12.0. The lowest BCUT2D eigenvalue weighted by molar-refractivity contribution is 0.215. The molecule has 2 amide bonds. The largest absolute Gasteiger partial charge is 0.323 e. The van der Waals surface area contributed by atoms with Gasteiger partial charge in [0.25, 0.3) is 0 Å². The Balaban J connectivity index is 1.93. The van der Waals surface area contributed by atoms with Crippen LogP contribution in [0.25, 0.3) is 0 Å². The molecule has 1 aliphatic heterocycles. The molecule has 1 fully saturated rings. The van der Waals surface area contributed by atoms with Crippen LogP contribution in [0.1, 0.15) is 12.0 Å². The molecule has 0 atom stereocenters. The molecule has 1 heterocycles. The number of benzene rings is 1. The number of urea groups is 1. The van der Waals surface area contributed by atoms with E-state index in [0.29, 0.717) is 0 Å². The Hall–Kier alpha value is -1.55. The lowest BCUT2D eigenvalue weighted by atomic mass is 10.2. The summed E-state index contributed by atoms with van der Waals surface area (Å²) in [5.74, 6) is 0. The van der Waals surface area contributed by atoms with Gasteiger partial charge >= 0.3 is 6.03 Å². The van der Waals surface area contributed by atoms with Crippen LogP contribution in [0.5, 0.6) is 0 Å². The summed E-state index contributed by atoms with van der Waals surface area (Å²) in [5.41, 5.74) is 2.04. The molecule has 4 nitrogen and oxygen atoms in total. The van der Waals surface area contributed by atoms with Crippen LogP contribution < -0.4 is 10.6 Å². The highest BCUT2D eigenvalue weighted by atomic mass is 16.2. The standard InChI is InChI=1S/C13H18N3O/c1-11-3-5-12(6-4-11)15-13(17)16-9-2-7-14-8-10-16/h3-6H,2,7-10H2,1H3,(H,15,17).